The molecule has 1 aliphatic carbocycles. The zero-order valence-electron chi connectivity index (χ0n) is 5.20. The molecule has 0 aliphatic heterocycles. The maximum Gasteiger partial charge on any atom is 0 e. The van der Waals surface area contributed by atoms with Crippen LogP contribution in [0.4, 0.5) is 0 Å². The molecule has 0 spiro atoms. The molecule has 0 nitrogen and oxygen atoms in total. The predicted octanol–water partition coefficient (Wildman–Crippen LogP) is -0.988. The van der Waals surface area contributed by atoms with Gasteiger partial charge in [0.1, 0.15) is 0 Å². The van der Waals surface area contributed by atoms with Crippen molar-refractivity contribution in [1.82, 2.24) is 0 Å². The Morgan fingerprint density at radius 3 is 1.62 bits per heavy atom. The molecule has 0 aromatic carbocycles. The smallest absolute Gasteiger partial charge is 0 e. The van der Waals surface area contributed by atoms with Crippen LogP contribution in [0.5, 0.6) is 0 Å². The van der Waals surface area contributed by atoms with E-state index in [0.29, 0.717) is 0 Å². The number of halogens is 1. The minimum atomic E-state index is 0. The molecule has 1 aliphatic rings. The van der Waals surface area contributed by atoms with E-state index in [-0.39, 0.29) is 36.5 Å². The third-order valence-corrected chi connectivity index (χ3v) is 1.47. The summed E-state index contributed by atoms with van der Waals surface area (Å²) in [5.41, 5.74) is 0. The summed E-state index contributed by atoms with van der Waals surface area (Å²) in [7, 11) is 0. The van der Waals surface area contributed by atoms with Crippen LogP contribution in [0.25, 0.3) is 0 Å². The first-order valence-corrected chi connectivity index (χ1v) is 2.72. The van der Waals surface area contributed by atoms with E-state index in [4.69, 9.17) is 0 Å². The third-order valence-electron chi connectivity index (χ3n) is 1.47. The van der Waals surface area contributed by atoms with Gasteiger partial charge in [0, 0.05) is 19.5 Å². The minimum Gasteiger partial charge on any atom is -1.00 e. The maximum absolute atomic E-state index is 3.94. The van der Waals surface area contributed by atoms with Crippen LogP contribution in [0.2, 0.25) is 0 Å². The summed E-state index contributed by atoms with van der Waals surface area (Å²) < 4.78 is 0. The Bertz CT molecular complexity index is 41.8. The number of rotatable bonds is 0. The van der Waals surface area contributed by atoms with Crippen molar-refractivity contribution >= 4 is 0 Å². The Balaban J connectivity index is 0. The Kier molecular flexibility index (Phi) is 9.22. The van der Waals surface area contributed by atoms with Crippen LogP contribution in [-0.2, 0) is 19.5 Å². The summed E-state index contributed by atoms with van der Waals surface area (Å²) in [4.78, 5) is 0. The Morgan fingerprint density at radius 2 is 1.50 bits per heavy atom. The van der Waals surface area contributed by atoms with Crippen molar-refractivity contribution in [3.63, 3.8) is 0 Å². The van der Waals surface area contributed by atoms with Gasteiger partial charge in [-0.1, -0.05) is 32.6 Å². The average Bonchev–Trinajstić information content (AvgIpc) is 1.86. The molecule has 0 N–H and O–H groups in total. The Labute approximate surface area is 75.0 Å². The first-order valence-electron chi connectivity index (χ1n) is 2.72. The van der Waals surface area contributed by atoms with E-state index in [0.717, 1.165) is 5.92 Å². The molecular weight excluding hydrogens is 217 g/mol. The number of hydrogen-bond acceptors (Lipinski definition) is 0. The van der Waals surface area contributed by atoms with Crippen LogP contribution in [-0.4, -0.2) is 0 Å². The van der Waals surface area contributed by atoms with E-state index in [1.807, 2.05) is 0 Å². The summed E-state index contributed by atoms with van der Waals surface area (Å²) in [5.74, 6) is 0.796. The molecule has 0 amide bonds. The van der Waals surface area contributed by atoms with E-state index in [1.54, 1.807) is 0 Å². The van der Waals surface area contributed by atoms with Crippen molar-refractivity contribution in [3.8, 4) is 0 Å². The monoisotopic (exact) mass is 226 g/mol. The molecule has 0 saturated heterocycles. The molecule has 0 aromatic heterocycles. The van der Waals surface area contributed by atoms with E-state index in [9.17, 15) is 0 Å². The molecule has 0 bridgehead atoms. The zero-order chi connectivity index (χ0) is 4.41. The second-order valence-electron chi connectivity index (χ2n) is 2.15. The summed E-state index contributed by atoms with van der Waals surface area (Å²) in [6.45, 7) is 3.94. The second kappa shape index (κ2) is 6.23. The standard InChI is InChI=1S/C6H11.BrH.Zn/c1-6-4-2-3-5-6;;/h6H,1-5H2;1H;/p-1. The fraction of sp³-hybridized carbons (Fsp3) is 0.833. The van der Waals surface area contributed by atoms with Crippen LogP contribution in [0.15, 0.2) is 0 Å². The molecule has 1 fully saturated rings. The van der Waals surface area contributed by atoms with Crippen LogP contribution in [0.3, 0.4) is 0 Å². The van der Waals surface area contributed by atoms with E-state index in [1.165, 1.54) is 25.7 Å². The fourth-order valence-corrected chi connectivity index (χ4v) is 1.01. The molecule has 8 heavy (non-hydrogen) atoms. The van der Waals surface area contributed by atoms with Crippen LogP contribution < -0.4 is 17.0 Å². The van der Waals surface area contributed by atoms with Gasteiger partial charge in [-0.25, -0.2) is 0 Å². The maximum atomic E-state index is 3.94. The van der Waals surface area contributed by atoms with Gasteiger partial charge in [-0.3, -0.25) is 0 Å². The average molecular weight is 228 g/mol. The van der Waals surface area contributed by atoms with Crippen molar-refractivity contribution in [2.75, 3.05) is 0 Å². The van der Waals surface area contributed by atoms with E-state index >= 15 is 0 Å². The van der Waals surface area contributed by atoms with Crippen LogP contribution in [0, 0.1) is 12.8 Å². The Hall–Kier alpha value is 1.10. The zero-order valence-corrected chi connectivity index (χ0v) is 9.75. The van der Waals surface area contributed by atoms with Gasteiger partial charge in [0.05, 0.1) is 0 Å². The van der Waals surface area contributed by atoms with Crippen molar-refractivity contribution < 1.29 is 36.5 Å². The largest absolute Gasteiger partial charge is 1.00 e. The summed E-state index contributed by atoms with van der Waals surface area (Å²) >= 11 is 0. The number of hydrogen-bond donors (Lipinski definition) is 0. The SMILES string of the molecule is [Br-].[CH2]C1CCCC1.[Zn]. The van der Waals surface area contributed by atoms with E-state index in [2.05, 4.69) is 6.92 Å². The topological polar surface area (TPSA) is 0 Å². The molecule has 45 valence electrons. The molecular formula is C6H11BrZn-. The molecule has 0 heterocycles. The molecule has 0 aromatic rings. The minimum absolute atomic E-state index is 0. The van der Waals surface area contributed by atoms with Crippen molar-refractivity contribution in [1.29, 1.82) is 0 Å². The van der Waals surface area contributed by atoms with Crippen molar-refractivity contribution in [3.05, 3.63) is 6.92 Å². The van der Waals surface area contributed by atoms with Gasteiger partial charge in [0.2, 0.25) is 0 Å². The fourth-order valence-electron chi connectivity index (χ4n) is 1.01. The molecule has 2 heteroatoms. The van der Waals surface area contributed by atoms with Gasteiger partial charge in [0.25, 0.3) is 0 Å². The second-order valence-corrected chi connectivity index (χ2v) is 2.15. The van der Waals surface area contributed by atoms with Gasteiger partial charge >= 0.3 is 0 Å². The molecule has 1 saturated carbocycles. The normalized spacial score (nSPS) is 19.1. The first kappa shape index (κ1) is 11.8. The summed E-state index contributed by atoms with van der Waals surface area (Å²) in [5, 5.41) is 0. The first-order chi connectivity index (χ1) is 2.89. The summed E-state index contributed by atoms with van der Waals surface area (Å²) in [6, 6.07) is 0. The third kappa shape index (κ3) is 4.03. The van der Waals surface area contributed by atoms with Gasteiger partial charge in [-0.15, -0.1) is 0 Å². The molecule has 1 rings (SSSR count). The molecule has 1 radical (unpaired) electrons. The van der Waals surface area contributed by atoms with Crippen LogP contribution in [0.1, 0.15) is 25.7 Å². The molecule has 0 atom stereocenters. The van der Waals surface area contributed by atoms with Crippen molar-refractivity contribution in [2.45, 2.75) is 25.7 Å². The van der Waals surface area contributed by atoms with Gasteiger partial charge in [-0.2, -0.15) is 0 Å². The quantitative estimate of drug-likeness (QED) is 0.467. The van der Waals surface area contributed by atoms with E-state index < -0.39 is 0 Å². The van der Waals surface area contributed by atoms with Gasteiger partial charge in [-0.05, 0) is 5.92 Å². The van der Waals surface area contributed by atoms with Crippen molar-refractivity contribution in [2.24, 2.45) is 5.92 Å². The van der Waals surface area contributed by atoms with Gasteiger partial charge < -0.3 is 17.0 Å². The Morgan fingerprint density at radius 1 is 1.12 bits per heavy atom. The van der Waals surface area contributed by atoms with Crippen LogP contribution >= 0.6 is 0 Å². The summed E-state index contributed by atoms with van der Waals surface area (Å²) in [6.07, 6.45) is 5.60. The molecule has 0 unspecified atom stereocenters. The van der Waals surface area contributed by atoms with Gasteiger partial charge in [0.15, 0.2) is 0 Å². The predicted molar refractivity (Wildman–Crippen MR) is 27.3 cm³/mol.